The number of ether oxygens (including phenoxy) is 1. The third-order valence-electron chi connectivity index (χ3n) is 8.21. The number of anilines is 1. The second-order valence-corrected chi connectivity index (χ2v) is 11.7. The van der Waals surface area contributed by atoms with Crippen molar-refractivity contribution in [2.24, 2.45) is 5.41 Å². The Kier molecular flexibility index (Phi) is 7.26. The summed E-state index contributed by atoms with van der Waals surface area (Å²) in [7, 11) is 4.08. The molecule has 6 rings (SSSR count). The van der Waals surface area contributed by atoms with E-state index in [9.17, 15) is 9.18 Å². The minimum atomic E-state index is -0.604. The Morgan fingerprint density at radius 2 is 1.88 bits per heavy atom. The first-order valence-electron chi connectivity index (χ1n) is 14.2. The van der Waals surface area contributed by atoms with Crippen molar-refractivity contribution in [3.05, 3.63) is 66.8 Å². The van der Waals surface area contributed by atoms with E-state index >= 15 is 4.39 Å². The molecule has 3 heterocycles. The largest absolute Gasteiger partial charge is 0.463 e. The summed E-state index contributed by atoms with van der Waals surface area (Å²) in [4.78, 5) is 32.2. The molecule has 0 bridgehead atoms. The lowest BCUT2D eigenvalue weighted by Gasteiger charge is -2.40. The van der Waals surface area contributed by atoms with Gasteiger partial charge in [-0.25, -0.2) is 13.8 Å². The molecule has 2 aromatic heterocycles. The van der Waals surface area contributed by atoms with Gasteiger partial charge in [-0.1, -0.05) is 36.9 Å². The fourth-order valence-electron chi connectivity index (χ4n) is 5.98. The van der Waals surface area contributed by atoms with E-state index in [0.717, 1.165) is 19.4 Å². The van der Waals surface area contributed by atoms with Gasteiger partial charge in [0.1, 0.15) is 23.1 Å². The molecular weight excluding hydrogens is 538 g/mol. The number of hydrogen-bond acceptors (Lipinski definition) is 7. The summed E-state index contributed by atoms with van der Waals surface area (Å²) in [5, 5.41) is 1.37. The fourth-order valence-corrected chi connectivity index (χ4v) is 5.98. The number of amides is 1. The first kappa shape index (κ1) is 28.0. The molecule has 42 heavy (non-hydrogen) atoms. The van der Waals surface area contributed by atoms with Crippen molar-refractivity contribution in [2.75, 3.05) is 51.8 Å². The Bertz CT molecular complexity index is 1680. The topological polar surface area (TPSA) is 74.7 Å². The molecule has 1 aliphatic carbocycles. The first-order valence-corrected chi connectivity index (χ1v) is 14.2. The van der Waals surface area contributed by atoms with E-state index in [1.54, 1.807) is 35.2 Å². The van der Waals surface area contributed by atoms with Gasteiger partial charge in [0.2, 0.25) is 5.91 Å². The standard InChI is InChI=1S/C32H34F2N6O2/c1-5-26(41)39-14-15-40(20(2)17-39)30-23-16-25(34)28(22-10-6-8-21-9-7-11-24(33)27(21)22)35-29(23)36-31(37-30)42-19-32(12-13-32)18-38(3)4/h5-11,16,20H,1,12-15,17-19H2,2-4H3/t20-/m1/s1. The zero-order chi connectivity index (χ0) is 29.6. The predicted molar refractivity (Wildman–Crippen MR) is 159 cm³/mol. The van der Waals surface area contributed by atoms with Crippen molar-refractivity contribution in [3.63, 3.8) is 0 Å². The van der Waals surface area contributed by atoms with E-state index in [4.69, 9.17) is 9.72 Å². The van der Waals surface area contributed by atoms with Crippen LogP contribution in [0, 0.1) is 17.0 Å². The van der Waals surface area contributed by atoms with Crippen LogP contribution in [0.25, 0.3) is 33.1 Å². The second kappa shape index (κ2) is 10.9. The van der Waals surface area contributed by atoms with Crippen molar-refractivity contribution < 1.29 is 18.3 Å². The van der Waals surface area contributed by atoms with Crippen molar-refractivity contribution in [3.8, 4) is 17.3 Å². The van der Waals surface area contributed by atoms with Crippen LogP contribution in [0.1, 0.15) is 19.8 Å². The number of rotatable bonds is 8. The lowest BCUT2D eigenvalue weighted by atomic mass is 10.0. The van der Waals surface area contributed by atoms with Crippen molar-refractivity contribution in [1.82, 2.24) is 24.8 Å². The third kappa shape index (κ3) is 5.27. The van der Waals surface area contributed by atoms with Crippen LogP contribution in [-0.2, 0) is 4.79 Å². The molecule has 2 fully saturated rings. The average Bonchev–Trinajstić information content (AvgIpc) is 3.73. The molecule has 218 valence electrons. The van der Waals surface area contributed by atoms with Crippen LogP contribution in [0.15, 0.2) is 55.1 Å². The van der Waals surface area contributed by atoms with Gasteiger partial charge in [-0.05, 0) is 57.5 Å². The Hall–Kier alpha value is -4.18. The maximum Gasteiger partial charge on any atom is 0.320 e. The molecule has 0 unspecified atom stereocenters. The number of carbonyl (C=O) groups excluding carboxylic acids is 1. The van der Waals surface area contributed by atoms with Crippen LogP contribution in [0.4, 0.5) is 14.6 Å². The van der Waals surface area contributed by atoms with Gasteiger partial charge in [-0.3, -0.25) is 4.79 Å². The molecule has 1 saturated carbocycles. The zero-order valence-electron chi connectivity index (χ0n) is 24.1. The van der Waals surface area contributed by atoms with Gasteiger partial charge >= 0.3 is 6.01 Å². The number of nitrogens with zero attached hydrogens (tertiary/aromatic N) is 6. The molecule has 1 saturated heterocycles. The van der Waals surface area contributed by atoms with Crippen LogP contribution in [0.2, 0.25) is 0 Å². The molecule has 2 aromatic carbocycles. The van der Waals surface area contributed by atoms with Crippen molar-refractivity contribution in [2.45, 2.75) is 25.8 Å². The monoisotopic (exact) mass is 572 g/mol. The summed E-state index contributed by atoms with van der Waals surface area (Å²) >= 11 is 0. The Morgan fingerprint density at radius 3 is 2.57 bits per heavy atom. The Balaban J connectivity index is 1.45. The van der Waals surface area contributed by atoms with Gasteiger partial charge < -0.3 is 19.4 Å². The van der Waals surface area contributed by atoms with Crippen LogP contribution in [0.5, 0.6) is 6.01 Å². The lowest BCUT2D eigenvalue weighted by molar-refractivity contribution is -0.126. The number of fused-ring (bicyclic) bond motifs is 2. The van der Waals surface area contributed by atoms with E-state index in [0.29, 0.717) is 53.8 Å². The molecule has 1 atom stereocenters. The minimum absolute atomic E-state index is 0.00881. The molecule has 0 radical (unpaired) electrons. The van der Waals surface area contributed by atoms with Gasteiger partial charge in [0, 0.05) is 48.6 Å². The molecule has 10 heteroatoms. The third-order valence-corrected chi connectivity index (χ3v) is 8.21. The van der Waals surface area contributed by atoms with Crippen LogP contribution in [-0.4, -0.2) is 83.6 Å². The molecule has 0 spiro atoms. The van der Waals surface area contributed by atoms with Gasteiger partial charge in [-0.15, -0.1) is 0 Å². The maximum atomic E-state index is 15.9. The minimum Gasteiger partial charge on any atom is -0.463 e. The van der Waals surface area contributed by atoms with Gasteiger partial charge in [-0.2, -0.15) is 9.97 Å². The van der Waals surface area contributed by atoms with Crippen molar-refractivity contribution >= 4 is 33.5 Å². The molecule has 8 nitrogen and oxygen atoms in total. The Labute approximate surface area is 243 Å². The fraction of sp³-hybridized carbons (Fsp3) is 0.375. The smallest absolute Gasteiger partial charge is 0.320 e. The number of piperazine rings is 1. The van der Waals surface area contributed by atoms with Crippen LogP contribution in [0.3, 0.4) is 0 Å². The molecule has 1 amide bonds. The van der Waals surface area contributed by atoms with E-state index in [1.165, 1.54) is 18.2 Å². The van der Waals surface area contributed by atoms with Gasteiger partial charge in [0.25, 0.3) is 0 Å². The number of benzene rings is 2. The number of pyridine rings is 1. The summed E-state index contributed by atoms with van der Waals surface area (Å²) in [6, 6.07) is 11.4. The van der Waals surface area contributed by atoms with Gasteiger partial charge in [0.15, 0.2) is 5.65 Å². The molecular formula is C32H34F2N6O2. The summed E-state index contributed by atoms with van der Waals surface area (Å²) in [6.07, 6.45) is 3.43. The number of halogens is 2. The molecule has 2 aliphatic rings. The zero-order valence-corrected chi connectivity index (χ0v) is 24.1. The van der Waals surface area contributed by atoms with E-state index in [1.807, 2.05) is 25.9 Å². The predicted octanol–water partition coefficient (Wildman–Crippen LogP) is 5.07. The lowest BCUT2D eigenvalue weighted by Crippen LogP contribution is -2.53. The Morgan fingerprint density at radius 1 is 1.12 bits per heavy atom. The van der Waals surface area contributed by atoms with E-state index < -0.39 is 11.6 Å². The average molecular weight is 573 g/mol. The maximum absolute atomic E-state index is 15.9. The molecule has 4 aromatic rings. The SMILES string of the molecule is C=CC(=O)N1CCN(c2nc(OCC3(CN(C)C)CC3)nc3nc(-c4cccc5cccc(F)c45)c(F)cc23)[C@H](C)C1. The van der Waals surface area contributed by atoms with E-state index in [-0.39, 0.29) is 34.7 Å². The van der Waals surface area contributed by atoms with E-state index in [2.05, 4.69) is 21.4 Å². The number of hydrogen-bond donors (Lipinski definition) is 0. The highest BCUT2D eigenvalue weighted by atomic mass is 19.1. The summed E-state index contributed by atoms with van der Waals surface area (Å²) in [6.45, 7) is 8.35. The first-order chi connectivity index (χ1) is 20.2. The van der Waals surface area contributed by atoms with Crippen LogP contribution >= 0.6 is 0 Å². The highest BCUT2D eigenvalue weighted by Crippen LogP contribution is 2.46. The van der Waals surface area contributed by atoms with Crippen LogP contribution < -0.4 is 9.64 Å². The summed E-state index contributed by atoms with van der Waals surface area (Å²) in [5.41, 5.74) is 0.664. The summed E-state index contributed by atoms with van der Waals surface area (Å²) in [5.74, 6) is -0.693. The molecule has 1 aliphatic heterocycles. The summed E-state index contributed by atoms with van der Waals surface area (Å²) < 4.78 is 37.1. The highest BCUT2D eigenvalue weighted by molar-refractivity contribution is 5.98. The number of carbonyl (C=O) groups is 1. The normalized spacial score (nSPS) is 18.1. The highest BCUT2D eigenvalue weighted by Gasteiger charge is 2.44. The van der Waals surface area contributed by atoms with Crippen molar-refractivity contribution in [1.29, 1.82) is 0 Å². The second-order valence-electron chi connectivity index (χ2n) is 11.7. The number of aromatic nitrogens is 3. The molecule has 0 N–H and O–H groups in total. The quantitative estimate of drug-likeness (QED) is 0.273. The van der Waals surface area contributed by atoms with Gasteiger partial charge in [0.05, 0.1) is 12.0 Å².